The Morgan fingerprint density at radius 2 is 1.50 bits per heavy atom. The van der Waals surface area contributed by atoms with Crippen molar-refractivity contribution < 1.29 is 5.11 Å². The van der Waals surface area contributed by atoms with Crippen LogP contribution in [0.2, 0.25) is 0 Å². The summed E-state index contributed by atoms with van der Waals surface area (Å²) in [4.78, 5) is 0. The van der Waals surface area contributed by atoms with Crippen molar-refractivity contribution in [3.63, 3.8) is 0 Å². The fourth-order valence-electron chi connectivity index (χ4n) is 9.31. The summed E-state index contributed by atoms with van der Waals surface area (Å²) in [5.74, 6) is 2.08. The monoisotopic (exact) mass is 468 g/mol. The maximum Gasteiger partial charge on any atom is 0.0656 e. The molecule has 1 nitrogen and oxygen atoms in total. The lowest BCUT2D eigenvalue weighted by atomic mass is 9.43. The van der Waals surface area contributed by atoms with Crippen LogP contribution in [0.15, 0.2) is 36.0 Å². The van der Waals surface area contributed by atoms with Crippen molar-refractivity contribution in [3.8, 4) is 0 Å². The number of allylic oxidation sites excluding steroid dienone is 5. The third-order valence-corrected chi connectivity index (χ3v) is 11.0. The largest absolute Gasteiger partial charge is 0.390 e. The van der Waals surface area contributed by atoms with Crippen LogP contribution in [0.3, 0.4) is 0 Å². The molecule has 3 aliphatic rings. The molecule has 3 fully saturated rings. The van der Waals surface area contributed by atoms with Gasteiger partial charge in [-0.1, -0.05) is 63.5 Å². The summed E-state index contributed by atoms with van der Waals surface area (Å²) in [6.07, 6.45) is 22.6. The SMILES string of the molecule is C=CCC/C(C)=C/CC/C(C)=C/CCC(C)(O)[C@H]1CC[C@H]2[C@@]1(C)CC[C@H]1C(C)(C)CCC[C@]21C. The molecule has 3 rings (SSSR count). The quantitative estimate of drug-likeness (QED) is 0.316. The van der Waals surface area contributed by atoms with Crippen LogP contribution in [0.25, 0.3) is 0 Å². The summed E-state index contributed by atoms with van der Waals surface area (Å²) in [5.41, 5.74) is 3.63. The maximum atomic E-state index is 11.8. The molecule has 0 amide bonds. The number of aliphatic hydroxyl groups is 1. The number of hydrogen-bond donors (Lipinski definition) is 1. The number of fused-ring (bicyclic) bond motifs is 3. The fourth-order valence-corrected chi connectivity index (χ4v) is 9.31. The van der Waals surface area contributed by atoms with Gasteiger partial charge in [-0.3, -0.25) is 0 Å². The Balaban J connectivity index is 1.60. The van der Waals surface area contributed by atoms with Crippen LogP contribution >= 0.6 is 0 Å². The first-order valence-electron chi connectivity index (χ1n) is 14.5. The summed E-state index contributed by atoms with van der Waals surface area (Å²) >= 11 is 0. The molecule has 3 saturated carbocycles. The van der Waals surface area contributed by atoms with Crippen molar-refractivity contribution in [2.75, 3.05) is 0 Å². The van der Waals surface area contributed by atoms with E-state index in [-0.39, 0.29) is 0 Å². The molecular weight excluding hydrogens is 412 g/mol. The van der Waals surface area contributed by atoms with Crippen molar-refractivity contribution in [2.24, 2.45) is 34.0 Å². The Bertz CT molecular complexity index is 767. The van der Waals surface area contributed by atoms with E-state index in [1.165, 1.54) is 56.1 Å². The van der Waals surface area contributed by atoms with Crippen molar-refractivity contribution in [3.05, 3.63) is 36.0 Å². The second-order valence-electron chi connectivity index (χ2n) is 14.0. The number of rotatable bonds is 10. The molecule has 6 atom stereocenters. The molecule has 34 heavy (non-hydrogen) atoms. The molecule has 1 heteroatoms. The zero-order chi connectivity index (χ0) is 25.2. The Kier molecular flexibility index (Phi) is 8.70. The van der Waals surface area contributed by atoms with Gasteiger partial charge in [-0.25, -0.2) is 0 Å². The smallest absolute Gasteiger partial charge is 0.0656 e. The second-order valence-corrected chi connectivity index (χ2v) is 14.0. The first-order valence-corrected chi connectivity index (χ1v) is 14.5. The van der Waals surface area contributed by atoms with Crippen molar-refractivity contribution >= 4 is 0 Å². The van der Waals surface area contributed by atoms with Gasteiger partial charge in [-0.15, -0.1) is 6.58 Å². The molecule has 0 aromatic carbocycles. The van der Waals surface area contributed by atoms with E-state index in [9.17, 15) is 5.11 Å². The molecule has 194 valence electrons. The average Bonchev–Trinajstić information content (AvgIpc) is 3.11. The molecule has 0 aromatic heterocycles. The molecule has 0 aromatic rings. The summed E-state index contributed by atoms with van der Waals surface area (Å²) in [7, 11) is 0. The molecule has 1 unspecified atom stereocenters. The van der Waals surface area contributed by atoms with E-state index in [0.717, 1.165) is 50.4 Å². The van der Waals surface area contributed by atoms with Crippen molar-refractivity contribution in [1.82, 2.24) is 0 Å². The van der Waals surface area contributed by atoms with Crippen LogP contribution in [-0.4, -0.2) is 10.7 Å². The van der Waals surface area contributed by atoms with E-state index in [0.29, 0.717) is 22.2 Å². The highest BCUT2D eigenvalue weighted by Gasteiger charge is 2.64. The summed E-state index contributed by atoms with van der Waals surface area (Å²) in [5, 5.41) is 11.8. The Morgan fingerprint density at radius 1 is 0.853 bits per heavy atom. The van der Waals surface area contributed by atoms with Crippen molar-refractivity contribution in [1.29, 1.82) is 0 Å². The third kappa shape index (κ3) is 5.61. The number of hydrogen-bond acceptors (Lipinski definition) is 1. The Labute approximate surface area is 212 Å². The zero-order valence-electron chi connectivity index (χ0n) is 23.8. The molecule has 0 bridgehead atoms. The lowest BCUT2D eigenvalue weighted by molar-refractivity contribution is -0.150. The van der Waals surface area contributed by atoms with Gasteiger partial charge in [0.05, 0.1) is 5.60 Å². The standard InChI is InChI=1S/C33H56O/c1-9-10-14-25(2)15-11-16-26(3)17-12-23-33(8,34)29-19-18-28-31(6)22-13-21-30(4,5)27(31)20-24-32(28,29)7/h9,15,17,27-29,34H,1,10-14,16,18-24H2,2-8H3/b25-15+,26-17+/t27-,28+,29-,31-,32+,33?/m0/s1. The maximum absolute atomic E-state index is 11.8. The van der Waals surface area contributed by atoms with Gasteiger partial charge in [0.2, 0.25) is 0 Å². The molecule has 0 saturated heterocycles. The minimum Gasteiger partial charge on any atom is -0.390 e. The van der Waals surface area contributed by atoms with Gasteiger partial charge in [-0.05, 0) is 132 Å². The molecule has 0 radical (unpaired) electrons. The minimum atomic E-state index is -0.561. The van der Waals surface area contributed by atoms with Gasteiger partial charge in [0.25, 0.3) is 0 Å². The van der Waals surface area contributed by atoms with Crippen LogP contribution in [0.5, 0.6) is 0 Å². The zero-order valence-corrected chi connectivity index (χ0v) is 23.8. The first-order chi connectivity index (χ1) is 15.9. The summed E-state index contributed by atoms with van der Waals surface area (Å²) in [6.45, 7) is 20.8. The first kappa shape index (κ1) is 27.8. The van der Waals surface area contributed by atoms with E-state index >= 15 is 0 Å². The average molecular weight is 469 g/mol. The van der Waals surface area contributed by atoms with Crippen LogP contribution in [0.1, 0.15) is 132 Å². The third-order valence-electron chi connectivity index (χ3n) is 11.0. The topological polar surface area (TPSA) is 20.2 Å². The van der Waals surface area contributed by atoms with Gasteiger partial charge in [0, 0.05) is 0 Å². The Hall–Kier alpha value is -0.820. The lowest BCUT2D eigenvalue weighted by Gasteiger charge is -2.62. The predicted octanol–water partition coefficient (Wildman–Crippen LogP) is 9.82. The van der Waals surface area contributed by atoms with Gasteiger partial charge in [0.1, 0.15) is 0 Å². The highest BCUT2D eigenvalue weighted by atomic mass is 16.3. The molecule has 3 aliphatic carbocycles. The molecule has 0 spiro atoms. The highest BCUT2D eigenvalue weighted by Crippen LogP contribution is 2.71. The predicted molar refractivity (Wildman–Crippen MR) is 149 cm³/mol. The van der Waals surface area contributed by atoms with Crippen molar-refractivity contribution in [2.45, 2.75) is 138 Å². The van der Waals surface area contributed by atoms with E-state index in [4.69, 9.17) is 0 Å². The van der Waals surface area contributed by atoms with E-state index in [2.05, 4.69) is 67.2 Å². The highest BCUT2D eigenvalue weighted by molar-refractivity contribution is 5.14. The van der Waals surface area contributed by atoms with Crippen LogP contribution in [0, 0.1) is 34.0 Å². The lowest BCUT2D eigenvalue weighted by Crippen LogP contribution is -2.56. The van der Waals surface area contributed by atoms with Gasteiger partial charge < -0.3 is 5.11 Å². The minimum absolute atomic E-state index is 0.300. The normalized spacial score (nSPS) is 37.6. The molecule has 0 aliphatic heterocycles. The van der Waals surface area contributed by atoms with Crippen LogP contribution in [-0.2, 0) is 0 Å². The summed E-state index contributed by atoms with van der Waals surface area (Å²) < 4.78 is 0. The summed E-state index contributed by atoms with van der Waals surface area (Å²) in [6, 6.07) is 0. The van der Waals surface area contributed by atoms with Gasteiger partial charge >= 0.3 is 0 Å². The molecular formula is C33H56O. The molecule has 1 N–H and O–H groups in total. The Morgan fingerprint density at radius 3 is 2.18 bits per heavy atom. The van der Waals surface area contributed by atoms with E-state index in [1.54, 1.807) is 0 Å². The van der Waals surface area contributed by atoms with Crippen LogP contribution < -0.4 is 0 Å². The second kappa shape index (κ2) is 10.7. The van der Waals surface area contributed by atoms with Crippen LogP contribution in [0.4, 0.5) is 0 Å². The van der Waals surface area contributed by atoms with Gasteiger partial charge in [0.15, 0.2) is 0 Å². The van der Waals surface area contributed by atoms with E-state index in [1.807, 2.05) is 6.08 Å². The van der Waals surface area contributed by atoms with Gasteiger partial charge in [-0.2, -0.15) is 0 Å². The molecule has 0 heterocycles. The fraction of sp³-hybridized carbons (Fsp3) is 0.818. The van der Waals surface area contributed by atoms with E-state index < -0.39 is 5.60 Å².